The van der Waals surface area contributed by atoms with Gasteiger partial charge in [-0.3, -0.25) is 14.6 Å². The second-order valence-corrected chi connectivity index (χ2v) is 6.26. The summed E-state index contributed by atoms with van der Waals surface area (Å²) in [5.74, 6) is -0.921. The number of ketones is 1. The van der Waals surface area contributed by atoms with E-state index in [2.05, 4.69) is 11.1 Å². The first-order chi connectivity index (χ1) is 11.7. The highest BCUT2D eigenvalue weighted by atomic mass is 16.2. The van der Waals surface area contributed by atoms with Crippen LogP contribution in [0.1, 0.15) is 23.6 Å². The summed E-state index contributed by atoms with van der Waals surface area (Å²) in [5, 5.41) is 0. The molecule has 1 fully saturated rings. The van der Waals surface area contributed by atoms with Crippen molar-refractivity contribution in [3.63, 3.8) is 0 Å². The molecule has 120 valence electrons. The van der Waals surface area contributed by atoms with Gasteiger partial charge >= 0.3 is 0 Å². The van der Waals surface area contributed by atoms with Crippen molar-refractivity contribution in [2.75, 3.05) is 6.54 Å². The van der Waals surface area contributed by atoms with Gasteiger partial charge in [0.1, 0.15) is 5.92 Å². The van der Waals surface area contributed by atoms with Crippen molar-refractivity contribution >= 4 is 23.6 Å². The van der Waals surface area contributed by atoms with Crippen LogP contribution >= 0.6 is 0 Å². The summed E-state index contributed by atoms with van der Waals surface area (Å²) in [6.07, 6.45) is 2.72. The molecule has 2 heterocycles. The van der Waals surface area contributed by atoms with Crippen LogP contribution in [-0.4, -0.2) is 29.3 Å². The minimum Gasteiger partial charge on any atom is -0.334 e. The third-order valence-corrected chi connectivity index (χ3v) is 4.83. The minimum atomic E-state index is -0.758. The quantitative estimate of drug-likeness (QED) is 0.631. The van der Waals surface area contributed by atoms with Crippen LogP contribution in [0.2, 0.25) is 0 Å². The number of fused-ring (bicyclic) bond motifs is 3. The van der Waals surface area contributed by atoms with Crippen molar-refractivity contribution in [1.82, 2.24) is 4.90 Å². The molecular weight excluding hydrogens is 300 g/mol. The lowest BCUT2D eigenvalue weighted by Crippen LogP contribution is -2.50. The number of para-hydroxylation sites is 1. The minimum absolute atomic E-state index is 0.0439. The van der Waals surface area contributed by atoms with Crippen LogP contribution in [0.3, 0.4) is 0 Å². The highest BCUT2D eigenvalue weighted by Gasteiger charge is 2.42. The third-order valence-electron chi connectivity index (χ3n) is 4.83. The predicted molar refractivity (Wildman–Crippen MR) is 92.3 cm³/mol. The lowest BCUT2D eigenvalue weighted by Gasteiger charge is -2.41. The molecule has 4 nitrogen and oxygen atoms in total. The van der Waals surface area contributed by atoms with Crippen molar-refractivity contribution in [3.05, 3.63) is 65.7 Å². The van der Waals surface area contributed by atoms with E-state index in [1.807, 2.05) is 53.4 Å². The average molecular weight is 318 g/mol. The smallest absolute Gasteiger partial charge is 0.239 e. The Bertz CT molecular complexity index is 813. The molecule has 0 aromatic heterocycles. The summed E-state index contributed by atoms with van der Waals surface area (Å²) in [6.45, 7) is 0.670. The molecule has 24 heavy (non-hydrogen) atoms. The van der Waals surface area contributed by atoms with Gasteiger partial charge in [-0.15, -0.1) is 0 Å². The van der Waals surface area contributed by atoms with Crippen LogP contribution in [0.15, 0.2) is 59.6 Å². The van der Waals surface area contributed by atoms with E-state index < -0.39 is 5.92 Å². The summed E-state index contributed by atoms with van der Waals surface area (Å²) in [5.41, 5.74) is 3.11. The predicted octanol–water partition coefficient (Wildman–Crippen LogP) is 3.10. The molecule has 0 spiro atoms. The van der Waals surface area contributed by atoms with Gasteiger partial charge in [-0.2, -0.15) is 0 Å². The Kier molecular flexibility index (Phi) is 3.73. The van der Waals surface area contributed by atoms with Gasteiger partial charge in [0, 0.05) is 19.2 Å². The normalized spacial score (nSPS) is 23.2. The van der Waals surface area contributed by atoms with Gasteiger partial charge in [0.2, 0.25) is 5.91 Å². The largest absolute Gasteiger partial charge is 0.334 e. The summed E-state index contributed by atoms with van der Waals surface area (Å²) < 4.78 is 0. The van der Waals surface area contributed by atoms with Gasteiger partial charge in [-0.25, -0.2) is 0 Å². The van der Waals surface area contributed by atoms with Gasteiger partial charge in [0.15, 0.2) is 5.78 Å². The van der Waals surface area contributed by atoms with Gasteiger partial charge < -0.3 is 4.90 Å². The number of rotatable bonds is 2. The van der Waals surface area contributed by atoms with Crippen molar-refractivity contribution in [2.45, 2.75) is 18.9 Å². The van der Waals surface area contributed by atoms with Crippen LogP contribution < -0.4 is 0 Å². The fourth-order valence-electron chi connectivity index (χ4n) is 3.59. The lowest BCUT2D eigenvalue weighted by molar-refractivity contribution is -0.146. The molecule has 2 aromatic rings. The second kappa shape index (κ2) is 6.04. The maximum Gasteiger partial charge on any atom is 0.239 e. The zero-order valence-electron chi connectivity index (χ0n) is 13.3. The number of carbonyl (C=O) groups excluding carboxylic acids is 2. The Morgan fingerprint density at radius 1 is 1.00 bits per heavy atom. The van der Waals surface area contributed by atoms with Gasteiger partial charge in [0.25, 0.3) is 0 Å². The van der Waals surface area contributed by atoms with Crippen molar-refractivity contribution < 1.29 is 9.59 Å². The van der Waals surface area contributed by atoms with Crippen LogP contribution in [0.4, 0.5) is 5.69 Å². The maximum absolute atomic E-state index is 12.8. The van der Waals surface area contributed by atoms with Gasteiger partial charge in [-0.1, -0.05) is 42.5 Å². The summed E-state index contributed by atoms with van der Waals surface area (Å²) in [7, 11) is 0. The lowest BCUT2D eigenvalue weighted by atomic mass is 9.82. The summed E-state index contributed by atoms with van der Waals surface area (Å²) in [4.78, 5) is 31.5. The van der Waals surface area contributed by atoms with Crippen LogP contribution in [0, 0.1) is 5.92 Å². The first-order valence-electron chi connectivity index (χ1n) is 8.24. The number of nitrogens with zero attached hydrogens (tertiary/aromatic N) is 2. The topological polar surface area (TPSA) is 49.7 Å². The number of hydrogen-bond donors (Lipinski definition) is 0. The molecular formula is C20H18N2O2. The molecule has 0 bridgehead atoms. The standard InChI is InChI=1S/C20H18N2O2/c23-19-12-18-16-9-5-4-6-14(16)10-11-22(18)20(24)17(19)13-21-15-7-2-1-3-8-15/h1-9,13,17-18H,10-12H2/t17?,18-/m1/s1. The van der Waals surface area contributed by atoms with E-state index in [1.54, 1.807) is 0 Å². The number of carbonyl (C=O) groups is 2. The zero-order chi connectivity index (χ0) is 16.5. The molecule has 2 aliphatic rings. The summed E-state index contributed by atoms with van der Waals surface area (Å²) >= 11 is 0. The fourth-order valence-corrected chi connectivity index (χ4v) is 3.59. The van der Waals surface area contributed by atoms with Crippen molar-refractivity contribution in [2.24, 2.45) is 10.9 Å². The third kappa shape index (κ3) is 2.54. The van der Waals surface area contributed by atoms with Crippen molar-refractivity contribution in [1.29, 1.82) is 0 Å². The molecule has 0 radical (unpaired) electrons. The first-order valence-corrected chi connectivity index (χ1v) is 8.24. The maximum atomic E-state index is 12.8. The zero-order valence-corrected chi connectivity index (χ0v) is 13.3. The molecule has 1 amide bonds. The number of hydrogen-bond acceptors (Lipinski definition) is 3. The molecule has 4 rings (SSSR count). The van der Waals surface area contributed by atoms with Gasteiger partial charge in [-0.05, 0) is 29.7 Å². The number of amides is 1. The summed E-state index contributed by atoms with van der Waals surface area (Å²) in [6, 6.07) is 17.4. The van der Waals surface area contributed by atoms with Gasteiger partial charge in [0.05, 0.1) is 11.7 Å². The second-order valence-electron chi connectivity index (χ2n) is 6.26. The van der Waals surface area contributed by atoms with E-state index in [1.165, 1.54) is 11.8 Å². The molecule has 0 N–H and O–H groups in total. The molecule has 2 atom stereocenters. The number of piperidine rings is 1. The Morgan fingerprint density at radius 3 is 2.58 bits per heavy atom. The van der Waals surface area contributed by atoms with E-state index >= 15 is 0 Å². The molecule has 1 unspecified atom stereocenters. The first kappa shape index (κ1) is 14.8. The van der Waals surface area contributed by atoms with Crippen LogP contribution in [0.5, 0.6) is 0 Å². The highest BCUT2D eigenvalue weighted by molar-refractivity contribution is 6.15. The molecule has 2 aromatic carbocycles. The van der Waals surface area contributed by atoms with E-state index in [-0.39, 0.29) is 17.7 Å². The van der Waals surface area contributed by atoms with Crippen LogP contribution in [-0.2, 0) is 16.0 Å². The average Bonchev–Trinajstić information content (AvgIpc) is 2.62. The van der Waals surface area contributed by atoms with Crippen molar-refractivity contribution in [3.8, 4) is 0 Å². The molecule has 4 heteroatoms. The fraction of sp³-hybridized carbons (Fsp3) is 0.250. The van der Waals surface area contributed by atoms with E-state index in [4.69, 9.17) is 0 Å². The highest BCUT2D eigenvalue weighted by Crippen LogP contribution is 2.37. The number of aliphatic imine (C=N–C) groups is 1. The Morgan fingerprint density at radius 2 is 1.75 bits per heavy atom. The Labute approximate surface area is 140 Å². The van der Waals surface area contributed by atoms with E-state index in [0.29, 0.717) is 13.0 Å². The molecule has 0 aliphatic carbocycles. The Balaban J connectivity index is 1.60. The number of benzene rings is 2. The SMILES string of the molecule is O=C1C[C@@H]2c3ccccc3CCN2C(=O)C1C=Nc1ccccc1. The molecule has 0 saturated carbocycles. The molecule has 1 saturated heterocycles. The molecule has 2 aliphatic heterocycles. The monoisotopic (exact) mass is 318 g/mol. The van der Waals surface area contributed by atoms with Crippen LogP contribution in [0.25, 0.3) is 0 Å². The number of Topliss-reactive ketones (excluding diaryl/α,β-unsaturated/α-hetero) is 1. The Hall–Kier alpha value is -2.75. The van der Waals surface area contributed by atoms with E-state index in [9.17, 15) is 9.59 Å². The van der Waals surface area contributed by atoms with E-state index in [0.717, 1.165) is 17.7 Å².